The molecule has 384 valence electrons. The van der Waals surface area contributed by atoms with Gasteiger partial charge in [0, 0.05) is 12.8 Å². The molecule has 6 nitrogen and oxygen atoms in total. The molecule has 0 spiro atoms. The Morgan fingerprint density at radius 2 is 0.785 bits per heavy atom. The summed E-state index contributed by atoms with van der Waals surface area (Å²) in [6.07, 6.45) is 65.9. The standard InChI is InChI=1S/C59H113NO5/c1-3-5-7-9-11-13-15-17-24-27-31-35-39-43-47-51-57(62)56(55-61)60-58(63)52-48-44-40-36-32-28-25-22-20-19-21-23-26-30-34-38-42-46-50-54-65-59(64)53-49-45-41-37-33-29-18-16-14-12-10-8-6-4-2/h10,12,16,18,56-57,61-62H,3-9,11,13-15,17,19-55H2,1-2H3,(H,60,63)/b12-10-,18-16-. The zero-order valence-corrected chi connectivity index (χ0v) is 43.7. The molecule has 0 aromatic heterocycles. The van der Waals surface area contributed by atoms with Crippen LogP contribution in [0.2, 0.25) is 0 Å². The molecule has 0 heterocycles. The van der Waals surface area contributed by atoms with Crippen LogP contribution in [0.5, 0.6) is 0 Å². The second kappa shape index (κ2) is 54.9. The Hall–Kier alpha value is -1.66. The predicted molar refractivity (Wildman–Crippen MR) is 283 cm³/mol. The Morgan fingerprint density at radius 1 is 0.431 bits per heavy atom. The normalized spacial score (nSPS) is 12.7. The van der Waals surface area contributed by atoms with Crippen molar-refractivity contribution in [3.05, 3.63) is 24.3 Å². The van der Waals surface area contributed by atoms with E-state index in [0.29, 0.717) is 25.9 Å². The molecule has 0 saturated carbocycles. The maximum atomic E-state index is 12.5. The molecule has 0 rings (SSSR count). The van der Waals surface area contributed by atoms with Crippen molar-refractivity contribution in [2.24, 2.45) is 0 Å². The monoisotopic (exact) mass is 916 g/mol. The number of ether oxygens (including phenoxy) is 1. The topological polar surface area (TPSA) is 95.9 Å². The zero-order chi connectivity index (χ0) is 47.2. The number of rotatable bonds is 54. The van der Waals surface area contributed by atoms with E-state index in [0.717, 1.165) is 51.4 Å². The zero-order valence-electron chi connectivity index (χ0n) is 43.7. The van der Waals surface area contributed by atoms with Crippen LogP contribution in [0.4, 0.5) is 0 Å². The molecule has 2 unspecified atom stereocenters. The van der Waals surface area contributed by atoms with Gasteiger partial charge >= 0.3 is 5.97 Å². The van der Waals surface area contributed by atoms with Crippen LogP contribution in [0, 0.1) is 0 Å². The number of aliphatic hydroxyl groups is 2. The van der Waals surface area contributed by atoms with E-state index in [1.165, 1.54) is 231 Å². The van der Waals surface area contributed by atoms with Crippen molar-refractivity contribution in [3.8, 4) is 0 Å². The molecule has 0 radical (unpaired) electrons. The van der Waals surface area contributed by atoms with Crippen LogP contribution in [0.3, 0.4) is 0 Å². The lowest BCUT2D eigenvalue weighted by Crippen LogP contribution is -2.45. The fourth-order valence-electron chi connectivity index (χ4n) is 9.01. The lowest BCUT2D eigenvalue weighted by atomic mass is 10.0. The third-order valence-electron chi connectivity index (χ3n) is 13.5. The molecule has 0 aliphatic carbocycles. The highest BCUT2D eigenvalue weighted by Gasteiger charge is 2.20. The van der Waals surface area contributed by atoms with Gasteiger partial charge in [-0.05, 0) is 51.4 Å². The van der Waals surface area contributed by atoms with E-state index in [2.05, 4.69) is 43.5 Å². The second-order valence-electron chi connectivity index (χ2n) is 20.0. The van der Waals surface area contributed by atoms with E-state index in [1.807, 2.05) is 0 Å². The van der Waals surface area contributed by atoms with E-state index in [-0.39, 0.29) is 18.5 Å². The Kier molecular flexibility index (Phi) is 53.5. The first kappa shape index (κ1) is 63.3. The number of carbonyl (C=O) groups excluding carboxylic acids is 2. The smallest absolute Gasteiger partial charge is 0.305 e. The van der Waals surface area contributed by atoms with Gasteiger partial charge in [0.15, 0.2) is 0 Å². The maximum absolute atomic E-state index is 12.5. The number of allylic oxidation sites excluding steroid dienone is 4. The third kappa shape index (κ3) is 51.6. The summed E-state index contributed by atoms with van der Waals surface area (Å²) in [4.78, 5) is 24.5. The van der Waals surface area contributed by atoms with E-state index in [1.54, 1.807) is 0 Å². The van der Waals surface area contributed by atoms with Crippen LogP contribution in [-0.4, -0.2) is 47.4 Å². The Balaban J connectivity index is 3.40. The third-order valence-corrected chi connectivity index (χ3v) is 13.5. The van der Waals surface area contributed by atoms with E-state index in [9.17, 15) is 19.8 Å². The highest BCUT2D eigenvalue weighted by atomic mass is 16.5. The van der Waals surface area contributed by atoms with E-state index >= 15 is 0 Å². The summed E-state index contributed by atoms with van der Waals surface area (Å²) in [5, 5.41) is 23.3. The molecule has 65 heavy (non-hydrogen) atoms. The van der Waals surface area contributed by atoms with Gasteiger partial charge in [0.05, 0.1) is 25.4 Å². The molecule has 0 aromatic carbocycles. The average Bonchev–Trinajstić information content (AvgIpc) is 3.31. The Bertz CT molecular complexity index is 1010. The Labute approximate surface area is 405 Å². The van der Waals surface area contributed by atoms with Crippen molar-refractivity contribution >= 4 is 11.9 Å². The Morgan fingerprint density at radius 3 is 1.22 bits per heavy atom. The summed E-state index contributed by atoms with van der Waals surface area (Å²) in [6.45, 7) is 4.91. The largest absolute Gasteiger partial charge is 0.466 e. The van der Waals surface area contributed by atoms with Gasteiger partial charge < -0.3 is 20.3 Å². The molecule has 2 atom stereocenters. The van der Waals surface area contributed by atoms with Crippen molar-refractivity contribution in [1.29, 1.82) is 0 Å². The molecule has 0 aliphatic rings. The second-order valence-corrected chi connectivity index (χ2v) is 20.0. The number of carbonyl (C=O) groups is 2. The van der Waals surface area contributed by atoms with Gasteiger partial charge in [0.1, 0.15) is 0 Å². The number of amides is 1. The van der Waals surface area contributed by atoms with Crippen molar-refractivity contribution in [1.82, 2.24) is 5.32 Å². The van der Waals surface area contributed by atoms with Crippen LogP contribution < -0.4 is 5.32 Å². The highest BCUT2D eigenvalue weighted by molar-refractivity contribution is 5.76. The summed E-state index contributed by atoms with van der Waals surface area (Å²) in [5.74, 6) is -0.0420. The van der Waals surface area contributed by atoms with Crippen LogP contribution in [-0.2, 0) is 14.3 Å². The molecule has 3 N–H and O–H groups in total. The minimum atomic E-state index is -0.666. The van der Waals surface area contributed by atoms with Crippen molar-refractivity contribution in [2.75, 3.05) is 13.2 Å². The average molecular weight is 917 g/mol. The fraction of sp³-hybridized carbons (Fsp3) is 0.898. The predicted octanol–water partition coefficient (Wildman–Crippen LogP) is 17.9. The van der Waals surface area contributed by atoms with Gasteiger partial charge in [-0.1, -0.05) is 276 Å². The number of hydrogen-bond acceptors (Lipinski definition) is 5. The van der Waals surface area contributed by atoms with Gasteiger partial charge in [-0.15, -0.1) is 0 Å². The molecule has 0 aliphatic heterocycles. The van der Waals surface area contributed by atoms with Crippen LogP contribution in [0.15, 0.2) is 24.3 Å². The number of nitrogens with one attached hydrogen (secondary N) is 1. The summed E-state index contributed by atoms with van der Waals surface area (Å²) in [5.41, 5.74) is 0. The number of esters is 1. The van der Waals surface area contributed by atoms with E-state index < -0.39 is 12.1 Å². The van der Waals surface area contributed by atoms with Crippen molar-refractivity contribution < 1.29 is 24.5 Å². The number of aliphatic hydroxyl groups excluding tert-OH is 2. The molecule has 0 bridgehead atoms. The molecule has 0 fully saturated rings. The number of hydrogen-bond donors (Lipinski definition) is 3. The molecular formula is C59H113NO5. The van der Waals surface area contributed by atoms with Gasteiger partial charge in [0.25, 0.3) is 0 Å². The minimum absolute atomic E-state index is 0.00532. The first-order valence-electron chi connectivity index (χ1n) is 29.1. The first-order valence-corrected chi connectivity index (χ1v) is 29.1. The highest BCUT2D eigenvalue weighted by Crippen LogP contribution is 2.17. The minimum Gasteiger partial charge on any atom is -0.466 e. The molecule has 1 amide bonds. The fourth-order valence-corrected chi connectivity index (χ4v) is 9.01. The van der Waals surface area contributed by atoms with Crippen molar-refractivity contribution in [3.63, 3.8) is 0 Å². The van der Waals surface area contributed by atoms with Gasteiger partial charge in [0.2, 0.25) is 5.91 Å². The van der Waals surface area contributed by atoms with Crippen LogP contribution in [0.1, 0.15) is 316 Å². The summed E-state index contributed by atoms with van der Waals surface area (Å²) < 4.78 is 5.47. The molecule has 0 saturated heterocycles. The van der Waals surface area contributed by atoms with Gasteiger partial charge in [-0.25, -0.2) is 0 Å². The first-order chi connectivity index (χ1) is 32.0. The molecule has 6 heteroatoms. The number of unbranched alkanes of at least 4 members (excludes halogenated alkanes) is 39. The molecular weight excluding hydrogens is 803 g/mol. The summed E-state index contributed by atoms with van der Waals surface area (Å²) in [6, 6.07) is -0.543. The van der Waals surface area contributed by atoms with Gasteiger partial charge in [-0.2, -0.15) is 0 Å². The summed E-state index contributed by atoms with van der Waals surface area (Å²) >= 11 is 0. The summed E-state index contributed by atoms with van der Waals surface area (Å²) in [7, 11) is 0. The maximum Gasteiger partial charge on any atom is 0.305 e. The van der Waals surface area contributed by atoms with Crippen molar-refractivity contribution in [2.45, 2.75) is 328 Å². The SMILES string of the molecule is CCCC/C=C\C/C=C\CCCCCCCC(=O)OCCCCCCCCCCCCCCCCCCCCCC(=O)NC(CO)C(O)CCCCCCCCCCCCCCCCC. The quantitative estimate of drug-likeness (QED) is 0.0321. The van der Waals surface area contributed by atoms with Crippen LogP contribution in [0.25, 0.3) is 0 Å². The lowest BCUT2D eigenvalue weighted by molar-refractivity contribution is -0.143. The van der Waals surface area contributed by atoms with Gasteiger partial charge in [-0.3, -0.25) is 9.59 Å². The lowest BCUT2D eigenvalue weighted by Gasteiger charge is -2.22. The van der Waals surface area contributed by atoms with E-state index in [4.69, 9.17) is 4.74 Å². The molecule has 0 aromatic rings. The van der Waals surface area contributed by atoms with Crippen LogP contribution >= 0.6 is 0 Å².